The van der Waals surface area contributed by atoms with E-state index in [9.17, 15) is 28.9 Å². The number of allylic oxidation sites excluding steroid dienone is 8. The summed E-state index contributed by atoms with van der Waals surface area (Å²) in [5.41, 5.74) is 0. The molecule has 384 valence electrons. The average Bonchev–Trinajstić information content (AvgIpc) is 3.30. The van der Waals surface area contributed by atoms with Crippen molar-refractivity contribution in [1.82, 2.24) is 0 Å². The number of esters is 3. The Hall–Kier alpha value is -2.56. The van der Waals surface area contributed by atoms with Crippen molar-refractivity contribution in [2.24, 2.45) is 0 Å². The summed E-state index contributed by atoms with van der Waals surface area (Å²) in [6.07, 6.45) is 49.3. The van der Waals surface area contributed by atoms with Crippen LogP contribution in [0.2, 0.25) is 0 Å². The van der Waals surface area contributed by atoms with Crippen LogP contribution < -0.4 is 0 Å². The molecule has 0 aliphatic rings. The van der Waals surface area contributed by atoms with Crippen molar-refractivity contribution < 1.29 is 52.2 Å². The van der Waals surface area contributed by atoms with Gasteiger partial charge >= 0.3 is 25.7 Å². The molecule has 0 aromatic heterocycles. The Bertz CT molecular complexity index is 1300. The minimum absolute atomic E-state index is 0.155. The van der Waals surface area contributed by atoms with Crippen molar-refractivity contribution in [3.63, 3.8) is 0 Å². The highest BCUT2D eigenvalue weighted by Gasteiger charge is 2.28. The third kappa shape index (κ3) is 46.5. The first kappa shape index (κ1) is 63.4. The number of ether oxygens (including phenoxy) is 3. The van der Waals surface area contributed by atoms with Gasteiger partial charge in [-0.15, -0.1) is 0 Å². The number of unbranched alkanes of at least 4 members (excludes halogenated alkanes) is 24. The van der Waals surface area contributed by atoms with Crippen molar-refractivity contribution in [3.8, 4) is 0 Å². The lowest BCUT2D eigenvalue weighted by Crippen LogP contribution is -2.30. The second-order valence-corrected chi connectivity index (χ2v) is 19.1. The molecule has 0 rings (SSSR count). The first-order chi connectivity index (χ1) is 32.2. The topological polar surface area (TPSA) is 155 Å². The van der Waals surface area contributed by atoms with Crippen LogP contribution in [-0.2, 0) is 42.2 Å². The zero-order chi connectivity index (χ0) is 48.4. The lowest BCUT2D eigenvalue weighted by molar-refractivity contribution is -0.161. The van der Waals surface area contributed by atoms with E-state index in [4.69, 9.17) is 23.3 Å². The molecule has 0 saturated heterocycles. The normalized spacial score (nSPS) is 13.8. The molecule has 3 atom stereocenters. The summed E-state index contributed by atoms with van der Waals surface area (Å²) in [7, 11) is -4.74. The van der Waals surface area contributed by atoms with Crippen LogP contribution in [0.15, 0.2) is 48.6 Å². The number of rotatable bonds is 49. The maximum absolute atomic E-state index is 12.8. The number of hydrogen-bond acceptors (Lipinski definition) is 10. The van der Waals surface area contributed by atoms with Gasteiger partial charge in [0.25, 0.3) is 0 Å². The molecule has 66 heavy (non-hydrogen) atoms. The van der Waals surface area contributed by atoms with E-state index in [-0.39, 0.29) is 25.9 Å². The van der Waals surface area contributed by atoms with Crippen molar-refractivity contribution in [2.75, 3.05) is 26.4 Å². The number of phosphoric acid groups is 1. The number of carbonyl (C=O) groups excluding carboxylic acids is 3. The van der Waals surface area contributed by atoms with E-state index in [1.165, 1.54) is 70.6 Å². The highest BCUT2D eigenvalue weighted by molar-refractivity contribution is 7.47. The number of aliphatic hydroxyl groups is 1. The van der Waals surface area contributed by atoms with E-state index in [2.05, 4.69) is 69.4 Å². The smallest absolute Gasteiger partial charge is 0.462 e. The molecule has 0 heterocycles. The first-order valence-corrected chi connectivity index (χ1v) is 28.0. The van der Waals surface area contributed by atoms with Crippen molar-refractivity contribution in [1.29, 1.82) is 0 Å². The molecule has 0 radical (unpaired) electrons. The summed E-state index contributed by atoms with van der Waals surface area (Å²) in [4.78, 5) is 48.3. The Balaban J connectivity index is 4.76. The Morgan fingerprint density at radius 3 is 1.24 bits per heavy atom. The lowest BCUT2D eigenvalue weighted by Gasteiger charge is -2.21. The Morgan fingerprint density at radius 1 is 0.439 bits per heavy atom. The molecular formula is C54H97O11P. The summed E-state index contributed by atoms with van der Waals surface area (Å²) < 4.78 is 39.3. The summed E-state index contributed by atoms with van der Waals surface area (Å²) in [6.45, 7) is 4.48. The van der Waals surface area contributed by atoms with Gasteiger partial charge < -0.3 is 24.2 Å². The molecule has 0 amide bonds. The minimum Gasteiger partial charge on any atom is -0.462 e. The highest BCUT2D eigenvalue weighted by Crippen LogP contribution is 2.43. The lowest BCUT2D eigenvalue weighted by atomic mass is 10.1. The van der Waals surface area contributed by atoms with Gasteiger partial charge in [-0.05, 0) is 77.0 Å². The fraction of sp³-hybridized carbons (Fsp3) is 0.796. The maximum atomic E-state index is 12.8. The monoisotopic (exact) mass is 953 g/mol. The van der Waals surface area contributed by atoms with Gasteiger partial charge in [-0.3, -0.25) is 23.4 Å². The van der Waals surface area contributed by atoms with Crippen molar-refractivity contribution in [2.45, 2.75) is 251 Å². The SMILES string of the molecule is CC/C=C\C/C=C\C/C=C\CCCCCCCC(=O)OCC(COP(=O)(O)OCC(CO)OC(=O)CCCCCCCCCCCCC)OC(=O)CCCCCCC/C=C\CCCCCC. The Kier molecular flexibility index (Phi) is 47.0. The molecule has 11 nitrogen and oxygen atoms in total. The second-order valence-electron chi connectivity index (χ2n) is 17.7. The Labute approximate surface area is 403 Å². The molecule has 0 bridgehead atoms. The van der Waals surface area contributed by atoms with Crippen LogP contribution in [-0.4, -0.2) is 66.5 Å². The van der Waals surface area contributed by atoms with E-state index in [0.717, 1.165) is 109 Å². The minimum atomic E-state index is -4.74. The van der Waals surface area contributed by atoms with Gasteiger partial charge in [-0.1, -0.05) is 191 Å². The predicted octanol–water partition coefficient (Wildman–Crippen LogP) is 15.0. The molecule has 0 aromatic carbocycles. The third-order valence-corrected chi connectivity index (χ3v) is 12.2. The van der Waals surface area contributed by atoms with Gasteiger partial charge in [0.1, 0.15) is 12.7 Å². The first-order valence-electron chi connectivity index (χ1n) is 26.5. The number of carbonyl (C=O) groups is 3. The van der Waals surface area contributed by atoms with Crippen LogP contribution in [0.25, 0.3) is 0 Å². The largest absolute Gasteiger partial charge is 0.472 e. The second kappa shape index (κ2) is 48.9. The molecule has 12 heteroatoms. The van der Waals surface area contributed by atoms with Crippen LogP contribution in [0.1, 0.15) is 239 Å². The van der Waals surface area contributed by atoms with Crippen LogP contribution in [0.3, 0.4) is 0 Å². The highest BCUT2D eigenvalue weighted by atomic mass is 31.2. The summed E-state index contributed by atoms with van der Waals surface area (Å²) in [6, 6.07) is 0. The van der Waals surface area contributed by atoms with Gasteiger partial charge in [-0.25, -0.2) is 4.57 Å². The molecule has 0 spiro atoms. The zero-order valence-corrected chi connectivity index (χ0v) is 43.1. The Morgan fingerprint density at radius 2 is 0.788 bits per heavy atom. The van der Waals surface area contributed by atoms with Gasteiger partial charge in [-0.2, -0.15) is 0 Å². The fourth-order valence-corrected chi connectivity index (χ4v) is 7.97. The fourth-order valence-electron chi connectivity index (χ4n) is 7.19. The molecule has 3 unspecified atom stereocenters. The molecule has 0 saturated carbocycles. The number of phosphoric ester groups is 1. The third-order valence-electron chi connectivity index (χ3n) is 11.2. The number of aliphatic hydroxyl groups excluding tert-OH is 1. The maximum Gasteiger partial charge on any atom is 0.472 e. The molecule has 2 N–H and O–H groups in total. The van der Waals surface area contributed by atoms with Gasteiger partial charge in [0.05, 0.1) is 19.8 Å². The van der Waals surface area contributed by atoms with Crippen LogP contribution >= 0.6 is 7.82 Å². The molecule has 0 aromatic rings. The standard InChI is InChI=1S/C54H97O11P/c1-4-7-10-13-16-19-22-24-25-27-29-31-34-37-40-43-52(56)61-47-51(65-54(58)45-42-39-36-33-30-26-23-20-17-14-11-8-5-2)49-63-66(59,60)62-48-50(46-55)64-53(57)44-41-38-35-32-28-21-18-15-12-9-6-3/h7,10,16,19-20,23-25,50-51,55H,4-6,8-9,11-15,17-18,21-22,26-49H2,1-3H3,(H,59,60)/b10-7-,19-16-,23-20-,25-24-. The predicted molar refractivity (Wildman–Crippen MR) is 270 cm³/mol. The van der Waals surface area contributed by atoms with Gasteiger partial charge in [0, 0.05) is 19.3 Å². The molecular weight excluding hydrogens is 856 g/mol. The van der Waals surface area contributed by atoms with E-state index in [1.807, 2.05) is 0 Å². The molecule has 0 fully saturated rings. The quantitative estimate of drug-likeness (QED) is 0.0197. The molecule has 0 aliphatic heterocycles. The summed E-state index contributed by atoms with van der Waals surface area (Å²) >= 11 is 0. The number of hydrogen-bond donors (Lipinski definition) is 2. The van der Waals surface area contributed by atoms with Gasteiger partial charge in [0.15, 0.2) is 6.10 Å². The van der Waals surface area contributed by atoms with Crippen LogP contribution in [0.4, 0.5) is 0 Å². The van der Waals surface area contributed by atoms with Crippen LogP contribution in [0.5, 0.6) is 0 Å². The van der Waals surface area contributed by atoms with E-state index in [0.29, 0.717) is 19.3 Å². The molecule has 0 aliphatic carbocycles. The van der Waals surface area contributed by atoms with E-state index in [1.54, 1.807) is 0 Å². The van der Waals surface area contributed by atoms with Crippen molar-refractivity contribution in [3.05, 3.63) is 48.6 Å². The summed E-state index contributed by atoms with van der Waals surface area (Å²) in [5.74, 6) is -1.49. The van der Waals surface area contributed by atoms with Crippen molar-refractivity contribution >= 4 is 25.7 Å². The van der Waals surface area contributed by atoms with Crippen LogP contribution in [0, 0.1) is 0 Å². The zero-order valence-electron chi connectivity index (χ0n) is 42.2. The van der Waals surface area contributed by atoms with E-state index >= 15 is 0 Å². The summed E-state index contributed by atoms with van der Waals surface area (Å²) in [5, 5.41) is 9.76. The average molecular weight is 953 g/mol. The van der Waals surface area contributed by atoms with E-state index < -0.39 is 57.8 Å². The van der Waals surface area contributed by atoms with Gasteiger partial charge in [0.2, 0.25) is 0 Å².